The maximum Gasteiger partial charge on any atom is 0.160 e. The fraction of sp³-hybridized carbons (Fsp3) is 0.182. The molecule has 3 rings (SSSR count). The number of aryl methyl sites for hydroxylation is 1. The summed E-state index contributed by atoms with van der Waals surface area (Å²) in [6.07, 6.45) is 3.58. The summed E-state index contributed by atoms with van der Waals surface area (Å²) in [5.41, 5.74) is 5.69. The Bertz CT molecular complexity index is 901. The van der Waals surface area contributed by atoms with Crippen LogP contribution in [0.5, 0.6) is 5.75 Å². The van der Waals surface area contributed by atoms with Gasteiger partial charge in [0.15, 0.2) is 5.78 Å². The fourth-order valence-corrected chi connectivity index (χ4v) is 3.03. The summed E-state index contributed by atoms with van der Waals surface area (Å²) in [7, 11) is 0. The molecule has 3 aromatic rings. The maximum absolute atomic E-state index is 12.2. The molecule has 0 bridgehead atoms. The Morgan fingerprint density at radius 2 is 1.92 bits per heavy atom. The number of pyridine rings is 1. The third-order valence-corrected chi connectivity index (χ3v) is 4.20. The van der Waals surface area contributed by atoms with E-state index >= 15 is 0 Å². The van der Waals surface area contributed by atoms with Crippen molar-refractivity contribution in [3.8, 4) is 28.0 Å². The van der Waals surface area contributed by atoms with Crippen molar-refractivity contribution in [1.29, 1.82) is 0 Å². The summed E-state index contributed by atoms with van der Waals surface area (Å²) in [5.74, 6) is 0.840. The Balaban J connectivity index is 2.26. The van der Waals surface area contributed by atoms with Gasteiger partial charge in [-0.05, 0) is 55.7 Å². The van der Waals surface area contributed by atoms with E-state index in [1.807, 2.05) is 62.5 Å². The van der Waals surface area contributed by atoms with Crippen LogP contribution in [0.4, 0.5) is 0 Å². The first kappa shape index (κ1) is 16.9. The van der Waals surface area contributed by atoms with Crippen molar-refractivity contribution >= 4 is 5.78 Å². The first-order valence-corrected chi connectivity index (χ1v) is 8.40. The molecule has 25 heavy (non-hydrogen) atoms. The second-order valence-electron chi connectivity index (χ2n) is 5.94. The number of Topliss-reactive ketones (excluding diaryl/α,β-unsaturated/α-hetero) is 1. The van der Waals surface area contributed by atoms with Gasteiger partial charge in [0.25, 0.3) is 0 Å². The Morgan fingerprint density at radius 1 is 1.08 bits per heavy atom. The van der Waals surface area contributed by atoms with E-state index in [9.17, 15) is 4.79 Å². The SMILES string of the molecule is CCOc1cccc(C)c1-c1cc(-c2cccnc2)ccc1C(C)=O. The molecular weight excluding hydrogens is 310 g/mol. The highest BCUT2D eigenvalue weighted by Gasteiger charge is 2.17. The molecule has 0 amide bonds. The molecule has 0 saturated carbocycles. The number of rotatable bonds is 5. The van der Waals surface area contributed by atoms with E-state index < -0.39 is 0 Å². The van der Waals surface area contributed by atoms with Gasteiger partial charge in [-0.15, -0.1) is 0 Å². The normalized spacial score (nSPS) is 10.5. The van der Waals surface area contributed by atoms with Crippen molar-refractivity contribution in [2.45, 2.75) is 20.8 Å². The average molecular weight is 331 g/mol. The first-order chi connectivity index (χ1) is 12.1. The van der Waals surface area contributed by atoms with Gasteiger partial charge in [0, 0.05) is 29.1 Å². The van der Waals surface area contributed by atoms with Gasteiger partial charge < -0.3 is 4.74 Å². The number of ether oxygens (including phenoxy) is 1. The molecule has 0 atom stereocenters. The van der Waals surface area contributed by atoms with Gasteiger partial charge in [0.05, 0.1) is 6.61 Å². The molecule has 0 aliphatic carbocycles. The molecule has 0 aliphatic heterocycles. The third-order valence-electron chi connectivity index (χ3n) is 4.20. The van der Waals surface area contributed by atoms with Crippen LogP contribution in [0.1, 0.15) is 29.8 Å². The topological polar surface area (TPSA) is 39.2 Å². The van der Waals surface area contributed by atoms with Crippen molar-refractivity contribution in [3.63, 3.8) is 0 Å². The number of ketones is 1. The lowest BCUT2D eigenvalue weighted by Crippen LogP contribution is -2.01. The predicted molar refractivity (Wildman–Crippen MR) is 101 cm³/mol. The Hall–Kier alpha value is -2.94. The molecule has 0 spiro atoms. The number of hydrogen-bond donors (Lipinski definition) is 0. The Morgan fingerprint density at radius 3 is 2.60 bits per heavy atom. The van der Waals surface area contributed by atoms with Crippen LogP contribution in [0.25, 0.3) is 22.3 Å². The van der Waals surface area contributed by atoms with Gasteiger partial charge in [-0.2, -0.15) is 0 Å². The van der Waals surface area contributed by atoms with Crippen molar-refractivity contribution < 1.29 is 9.53 Å². The molecule has 0 unspecified atom stereocenters. The highest BCUT2D eigenvalue weighted by molar-refractivity contribution is 6.02. The van der Waals surface area contributed by atoms with Crippen molar-refractivity contribution in [2.24, 2.45) is 0 Å². The van der Waals surface area contributed by atoms with Crippen molar-refractivity contribution in [2.75, 3.05) is 6.61 Å². The molecule has 0 saturated heterocycles. The number of carbonyl (C=O) groups excluding carboxylic acids is 1. The quantitative estimate of drug-likeness (QED) is 0.594. The summed E-state index contributed by atoms with van der Waals surface area (Å²) in [4.78, 5) is 16.4. The zero-order valence-electron chi connectivity index (χ0n) is 14.7. The zero-order chi connectivity index (χ0) is 17.8. The second kappa shape index (κ2) is 7.31. The molecule has 0 N–H and O–H groups in total. The van der Waals surface area contributed by atoms with Crippen LogP contribution in [-0.2, 0) is 0 Å². The lowest BCUT2D eigenvalue weighted by molar-refractivity contribution is 0.101. The van der Waals surface area contributed by atoms with Crippen LogP contribution >= 0.6 is 0 Å². The Kier molecular flexibility index (Phi) is 4.94. The van der Waals surface area contributed by atoms with E-state index in [1.54, 1.807) is 13.1 Å². The minimum absolute atomic E-state index is 0.0402. The van der Waals surface area contributed by atoms with E-state index in [2.05, 4.69) is 11.1 Å². The standard InChI is InChI=1S/C22H21NO2/c1-4-25-21-9-5-7-15(2)22(21)20-13-17(10-11-19(20)16(3)24)18-8-6-12-23-14-18/h5-14H,4H2,1-3H3. The molecule has 2 aromatic carbocycles. The molecule has 3 heteroatoms. The summed E-state index contributed by atoms with van der Waals surface area (Å²) >= 11 is 0. The van der Waals surface area contributed by atoms with E-state index in [4.69, 9.17) is 4.74 Å². The predicted octanol–water partition coefficient (Wildman–Crippen LogP) is 5.33. The molecule has 0 radical (unpaired) electrons. The van der Waals surface area contributed by atoms with Crippen molar-refractivity contribution in [1.82, 2.24) is 4.98 Å². The van der Waals surface area contributed by atoms with Gasteiger partial charge in [0.2, 0.25) is 0 Å². The van der Waals surface area contributed by atoms with E-state index in [-0.39, 0.29) is 5.78 Å². The van der Waals surface area contributed by atoms with Crippen LogP contribution in [0.3, 0.4) is 0 Å². The summed E-state index contributed by atoms with van der Waals surface area (Å²) in [6.45, 7) is 6.18. The summed E-state index contributed by atoms with van der Waals surface area (Å²) in [6, 6.07) is 15.8. The van der Waals surface area contributed by atoms with Gasteiger partial charge in [-0.3, -0.25) is 9.78 Å². The molecule has 0 fully saturated rings. The van der Waals surface area contributed by atoms with Gasteiger partial charge >= 0.3 is 0 Å². The maximum atomic E-state index is 12.2. The molecule has 0 aliphatic rings. The molecule has 126 valence electrons. The largest absolute Gasteiger partial charge is 0.493 e. The summed E-state index contributed by atoms with van der Waals surface area (Å²) in [5, 5.41) is 0. The van der Waals surface area contributed by atoms with Crippen LogP contribution in [0, 0.1) is 6.92 Å². The number of carbonyl (C=O) groups is 1. The first-order valence-electron chi connectivity index (χ1n) is 8.40. The molecule has 3 nitrogen and oxygen atoms in total. The zero-order valence-corrected chi connectivity index (χ0v) is 14.7. The summed E-state index contributed by atoms with van der Waals surface area (Å²) < 4.78 is 5.83. The van der Waals surface area contributed by atoms with E-state index in [0.29, 0.717) is 12.2 Å². The number of nitrogens with zero attached hydrogens (tertiary/aromatic N) is 1. The van der Waals surface area contributed by atoms with Gasteiger partial charge in [-0.1, -0.05) is 30.3 Å². The third kappa shape index (κ3) is 3.45. The molecule has 1 aromatic heterocycles. The van der Waals surface area contributed by atoms with Crippen LogP contribution < -0.4 is 4.74 Å². The smallest absolute Gasteiger partial charge is 0.160 e. The lowest BCUT2D eigenvalue weighted by Gasteiger charge is -2.17. The minimum atomic E-state index is 0.0402. The fourth-order valence-electron chi connectivity index (χ4n) is 3.03. The number of aromatic nitrogens is 1. The van der Waals surface area contributed by atoms with E-state index in [0.717, 1.165) is 33.6 Å². The monoisotopic (exact) mass is 331 g/mol. The van der Waals surface area contributed by atoms with Crippen LogP contribution in [-0.4, -0.2) is 17.4 Å². The highest BCUT2D eigenvalue weighted by atomic mass is 16.5. The molecule has 1 heterocycles. The van der Waals surface area contributed by atoms with E-state index in [1.165, 1.54) is 0 Å². The minimum Gasteiger partial charge on any atom is -0.493 e. The second-order valence-corrected chi connectivity index (χ2v) is 5.94. The Labute approximate surface area is 148 Å². The molecular formula is C22H21NO2. The van der Waals surface area contributed by atoms with Gasteiger partial charge in [0.1, 0.15) is 5.75 Å². The van der Waals surface area contributed by atoms with Gasteiger partial charge in [-0.25, -0.2) is 0 Å². The number of hydrogen-bond acceptors (Lipinski definition) is 3. The average Bonchev–Trinajstić information content (AvgIpc) is 2.62. The number of benzene rings is 2. The van der Waals surface area contributed by atoms with Crippen LogP contribution in [0.2, 0.25) is 0 Å². The van der Waals surface area contributed by atoms with Crippen molar-refractivity contribution in [3.05, 3.63) is 72.1 Å². The van der Waals surface area contributed by atoms with Crippen LogP contribution in [0.15, 0.2) is 60.9 Å². The highest BCUT2D eigenvalue weighted by Crippen LogP contribution is 2.37. The lowest BCUT2D eigenvalue weighted by atomic mass is 9.90.